The molecule has 6 heteroatoms. The van der Waals surface area contributed by atoms with Gasteiger partial charge < -0.3 is 29.5 Å². The summed E-state index contributed by atoms with van der Waals surface area (Å²) in [4.78, 5) is 4.63. The Morgan fingerprint density at radius 1 is 0.848 bits per heavy atom. The van der Waals surface area contributed by atoms with Crippen LogP contribution >= 0.6 is 0 Å². The van der Waals surface area contributed by atoms with Crippen molar-refractivity contribution in [1.82, 2.24) is 4.90 Å². The molecule has 2 heterocycles. The first-order valence-corrected chi connectivity index (χ1v) is 12.0. The molecule has 0 amide bonds. The SMILES string of the molecule is COc1ccc(N2CCC(O)(CN3CCC(O)(COc4ccc(C)cc4C)CC3)CC2)cc1. The zero-order valence-corrected chi connectivity index (χ0v) is 20.2. The summed E-state index contributed by atoms with van der Waals surface area (Å²) in [5.41, 5.74) is 1.99. The van der Waals surface area contributed by atoms with Crippen molar-refractivity contribution in [2.45, 2.75) is 50.7 Å². The Morgan fingerprint density at radius 3 is 2.09 bits per heavy atom. The van der Waals surface area contributed by atoms with Gasteiger partial charge in [0.1, 0.15) is 23.7 Å². The maximum absolute atomic E-state index is 11.2. The molecule has 0 radical (unpaired) electrons. The molecule has 2 N–H and O–H groups in total. The van der Waals surface area contributed by atoms with Crippen LogP contribution in [0.2, 0.25) is 0 Å². The number of benzene rings is 2. The summed E-state index contributed by atoms with van der Waals surface area (Å²) in [5, 5.41) is 22.3. The second-order valence-electron chi connectivity index (χ2n) is 9.97. The zero-order valence-electron chi connectivity index (χ0n) is 20.2. The summed E-state index contributed by atoms with van der Waals surface area (Å²) < 4.78 is 11.2. The number of anilines is 1. The molecule has 0 spiro atoms. The number of β-amino-alcohol motifs (C(OH)–C–C–N with tert-alkyl or cyclic N) is 1. The fraction of sp³-hybridized carbons (Fsp3) is 0.556. The number of aryl methyl sites for hydroxylation is 2. The summed E-state index contributed by atoms with van der Waals surface area (Å²) in [6.45, 7) is 8.30. The van der Waals surface area contributed by atoms with Crippen LogP contribution in [0.5, 0.6) is 11.5 Å². The number of ether oxygens (including phenoxy) is 2. The number of methoxy groups -OCH3 is 1. The fourth-order valence-electron chi connectivity index (χ4n) is 4.99. The monoisotopic (exact) mass is 454 g/mol. The third kappa shape index (κ3) is 5.99. The summed E-state index contributed by atoms with van der Waals surface area (Å²) in [6, 6.07) is 14.2. The van der Waals surface area contributed by atoms with Crippen molar-refractivity contribution in [3.63, 3.8) is 0 Å². The first-order chi connectivity index (χ1) is 15.8. The quantitative estimate of drug-likeness (QED) is 0.667. The third-order valence-corrected chi connectivity index (χ3v) is 7.26. The van der Waals surface area contributed by atoms with Crippen LogP contribution in [0.15, 0.2) is 42.5 Å². The molecule has 0 aromatic heterocycles. The minimum Gasteiger partial charge on any atom is -0.497 e. The van der Waals surface area contributed by atoms with Crippen LogP contribution in [0.25, 0.3) is 0 Å². The van der Waals surface area contributed by atoms with Gasteiger partial charge in [0.15, 0.2) is 0 Å². The highest BCUT2D eigenvalue weighted by atomic mass is 16.5. The van der Waals surface area contributed by atoms with E-state index in [1.807, 2.05) is 31.2 Å². The van der Waals surface area contributed by atoms with Crippen LogP contribution in [0.3, 0.4) is 0 Å². The molecule has 0 aliphatic carbocycles. The number of piperidine rings is 2. The number of likely N-dealkylation sites (tertiary alicyclic amines) is 1. The second kappa shape index (κ2) is 9.92. The Hall–Kier alpha value is -2.28. The molecular weight excluding hydrogens is 416 g/mol. The van der Waals surface area contributed by atoms with Crippen molar-refractivity contribution in [3.8, 4) is 11.5 Å². The van der Waals surface area contributed by atoms with E-state index in [-0.39, 0.29) is 0 Å². The van der Waals surface area contributed by atoms with Crippen LogP contribution in [0.1, 0.15) is 36.8 Å². The van der Waals surface area contributed by atoms with Crippen LogP contribution in [-0.2, 0) is 0 Å². The fourth-order valence-corrected chi connectivity index (χ4v) is 4.99. The number of hydrogen-bond acceptors (Lipinski definition) is 6. The lowest BCUT2D eigenvalue weighted by Gasteiger charge is -2.44. The predicted molar refractivity (Wildman–Crippen MR) is 131 cm³/mol. The lowest BCUT2D eigenvalue weighted by molar-refractivity contribution is -0.0747. The highest BCUT2D eigenvalue weighted by Crippen LogP contribution is 2.31. The molecule has 2 fully saturated rings. The molecule has 33 heavy (non-hydrogen) atoms. The van der Waals surface area contributed by atoms with E-state index >= 15 is 0 Å². The zero-order chi connectivity index (χ0) is 23.5. The van der Waals surface area contributed by atoms with E-state index in [9.17, 15) is 10.2 Å². The first kappa shape index (κ1) is 23.9. The lowest BCUT2D eigenvalue weighted by atomic mass is 9.87. The van der Waals surface area contributed by atoms with Crippen LogP contribution in [-0.4, -0.2) is 72.8 Å². The smallest absolute Gasteiger partial charge is 0.122 e. The number of hydrogen-bond donors (Lipinski definition) is 2. The average molecular weight is 455 g/mol. The topological polar surface area (TPSA) is 65.4 Å². The highest BCUT2D eigenvalue weighted by molar-refractivity contribution is 5.49. The van der Waals surface area contributed by atoms with E-state index in [4.69, 9.17) is 9.47 Å². The maximum Gasteiger partial charge on any atom is 0.122 e. The average Bonchev–Trinajstić information content (AvgIpc) is 2.81. The van der Waals surface area contributed by atoms with E-state index in [1.54, 1.807) is 7.11 Å². The van der Waals surface area contributed by atoms with Crippen LogP contribution < -0.4 is 14.4 Å². The second-order valence-corrected chi connectivity index (χ2v) is 9.97. The largest absolute Gasteiger partial charge is 0.497 e. The van der Waals surface area contributed by atoms with Crippen molar-refractivity contribution >= 4 is 5.69 Å². The van der Waals surface area contributed by atoms with Gasteiger partial charge in [0, 0.05) is 38.4 Å². The molecule has 180 valence electrons. The van der Waals surface area contributed by atoms with Gasteiger partial charge in [-0.15, -0.1) is 0 Å². The Labute approximate surface area is 197 Å². The van der Waals surface area contributed by atoms with Crippen LogP contribution in [0, 0.1) is 13.8 Å². The van der Waals surface area contributed by atoms with Crippen molar-refractivity contribution in [3.05, 3.63) is 53.6 Å². The van der Waals surface area contributed by atoms with Crippen molar-refractivity contribution < 1.29 is 19.7 Å². The third-order valence-electron chi connectivity index (χ3n) is 7.26. The Kier molecular flexibility index (Phi) is 7.17. The molecule has 0 bridgehead atoms. The van der Waals surface area contributed by atoms with Gasteiger partial charge in [-0.3, -0.25) is 0 Å². The van der Waals surface area contributed by atoms with Gasteiger partial charge in [-0.05, 0) is 75.4 Å². The maximum atomic E-state index is 11.2. The van der Waals surface area contributed by atoms with Gasteiger partial charge in [-0.25, -0.2) is 0 Å². The molecule has 2 aliphatic rings. The molecule has 0 unspecified atom stereocenters. The number of rotatable bonds is 7. The number of aliphatic hydroxyl groups is 2. The summed E-state index contributed by atoms with van der Waals surface area (Å²) in [7, 11) is 1.68. The Morgan fingerprint density at radius 2 is 1.48 bits per heavy atom. The summed E-state index contributed by atoms with van der Waals surface area (Å²) >= 11 is 0. The molecule has 2 saturated heterocycles. The predicted octanol–water partition coefficient (Wildman–Crippen LogP) is 3.55. The van der Waals surface area contributed by atoms with E-state index in [1.165, 1.54) is 11.3 Å². The first-order valence-electron chi connectivity index (χ1n) is 12.0. The van der Waals surface area contributed by atoms with Gasteiger partial charge in [0.2, 0.25) is 0 Å². The van der Waals surface area contributed by atoms with Gasteiger partial charge in [0.25, 0.3) is 0 Å². The molecule has 0 atom stereocenters. The normalized spacial score (nSPS) is 20.5. The molecule has 2 aromatic rings. The van der Waals surface area contributed by atoms with Gasteiger partial charge in [-0.2, -0.15) is 0 Å². The van der Waals surface area contributed by atoms with Crippen molar-refractivity contribution in [2.24, 2.45) is 0 Å². The van der Waals surface area contributed by atoms with Crippen LogP contribution in [0.4, 0.5) is 5.69 Å². The Balaban J connectivity index is 1.23. The van der Waals surface area contributed by atoms with Crippen molar-refractivity contribution in [1.29, 1.82) is 0 Å². The van der Waals surface area contributed by atoms with E-state index in [0.29, 0.717) is 26.0 Å². The molecule has 4 rings (SSSR count). The van der Waals surface area contributed by atoms with Crippen molar-refractivity contribution in [2.75, 3.05) is 51.3 Å². The van der Waals surface area contributed by atoms with E-state index < -0.39 is 11.2 Å². The molecule has 6 nitrogen and oxygen atoms in total. The molecule has 2 aromatic carbocycles. The molecule has 2 aliphatic heterocycles. The highest BCUT2D eigenvalue weighted by Gasteiger charge is 2.38. The molecule has 0 saturated carbocycles. The van der Waals surface area contributed by atoms with E-state index in [0.717, 1.165) is 56.1 Å². The lowest BCUT2D eigenvalue weighted by Crippen LogP contribution is -2.55. The summed E-state index contributed by atoms with van der Waals surface area (Å²) in [5.74, 6) is 1.70. The van der Waals surface area contributed by atoms with Gasteiger partial charge in [0.05, 0.1) is 12.7 Å². The molecular formula is C27H38N2O4. The standard InChI is InChI=1S/C27H38N2O4/c1-21-4-9-25(22(2)18-21)33-20-27(31)10-14-28(15-11-27)19-26(30)12-16-29(17-13-26)23-5-7-24(32-3)8-6-23/h4-9,18,30-31H,10-17,19-20H2,1-3H3. The number of nitrogens with zero attached hydrogens (tertiary/aromatic N) is 2. The summed E-state index contributed by atoms with van der Waals surface area (Å²) in [6.07, 6.45) is 2.81. The minimum atomic E-state index is -0.811. The van der Waals surface area contributed by atoms with Gasteiger partial charge in [-0.1, -0.05) is 17.7 Å². The van der Waals surface area contributed by atoms with E-state index in [2.05, 4.69) is 34.9 Å². The van der Waals surface area contributed by atoms with Gasteiger partial charge >= 0.3 is 0 Å². The minimum absolute atomic E-state index is 0.311. The Bertz CT molecular complexity index is 914.